The SMILES string of the molecule is CCCC(O)CCc1ccccn1. The number of pyridine rings is 1. The van der Waals surface area contributed by atoms with Crippen molar-refractivity contribution in [2.24, 2.45) is 0 Å². The number of hydrogen-bond acceptors (Lipinski definition) is 2. The van der Waals surface area contributed by atoms with E-state index in [1.54, 1.807) is 6.20 Å². The van der Waals surface area contributed by atoms with Gasteiger partial charge in [0.25, 0.3) is 0 Å². The fraction of sp³-hybridized carbons (Fsp3) is 0.545. The van der Waals surface area contributed by atoms with E-state index in [4.69, 9.17) is 0 Å². The summed E-state index contributed by atoms with van der Waals surface area (Å²) in [7, 11) is 0. The van der Waals surface area contributed by atoms with Crippen molar-refractivity contribution in [2.75, 3.05) is 0 Å². The molecule has 1 atom stereocenters. The molecule has 1 rings (SSSR count). The number of nitrogens with zero attached hydrogens (tertiary/aromatic N) is 1. The van der Waals surface area contributed by atoms with Crippen LogP contribution in [0.3, 0.4) is 0 Å². The van der Waals surface area contributed by atoms with Crippen molar-refractivity contribution in [3.05, 3.63) is 30.1 Å². The first-order chi connectivity index (χ1) is 6.33. The van der Waals surface area contributed by atoms with Crippen LogP contribution in [0.15, 0.2) is 24.4 Å². The molecule has 0 aliphatic heterocycles. The monoisotopic (exact) mass is 179 g/mol. The average molecular weight is 179 g/mol. The molecule has 0 amide bonds. The second-order valence-corrected chi connectivity index (χ2v) is 3.30. The van der Waals surface area contributed by atoms with Crippen molar-refractivity contribution in [2.45, 2.75) is 38.7 Å². The van der Waals surface area contributed by atoms with Gasteiger partial charge in [0.2, 0.25) is 0 Å². The zero-order valence-electron chi connectivity index (χ0n) is 8.11. The molecule has 0 aromatic carbocycles. The fourth-order valence-electron chi connectivity index (χ4n) is 1.34. The molecule has 0 radical (unpaired) electrons. The molecular formula is C11H17NO. The summed E-state index contributed by atoms with van der Waals surface area (Å²) in [6, 6.07) is 5.89. The Morgan fingerprint density at radius 3 is 2.85 bits per heavy atom. The minimum absolute atomic E-state index is 0.160. The summed E-state index contributed by atoms with van der Waals surface area (Å²) in [6.07, 6.45) is 5.27. The highest BCUT2D eigenvalue weighted by Gasteiger charge is 2.02. The summed E-state index contributed by atoms with van der Waals surface area (Å²) in [6.45, 7) is 2.09. The first-order valence-electron chi connectivity index (χ1n) is 4.91. The molecule has 1 unspecified atom stereocenters. The zero-order valence-corrected chi connectivity index (χ0v) is 8.11. The number of aryl methyl sites for hydroxylation is 1. The Morgan fingerprint density at radius 1 is 1.38 bits per heavy atom. The number of aliphatic hydroxyl groups excluding tert-OH is 1. The van der Waals surface area contributed by atoms with Crippen LogP contribution in [0.2, 0.25) is 0 Å². The van der Waals surface area contributed by atoms with E-state index in [1.807, 2.05) is 18.2 Å². The summed E-state index contributed by atoms with van der Waals surface area (Å²) < 4.78 is 0. The Bertz CT molecular complexity index is 223. The van der Waals surface area contributed by atoms with Crippen LogP contribution in [-0.2, 0) is 6.42 Å². The summed E-state index contributed by atoms with van der Waals surface area (Å²) in [5, 5.41) is 9.48. The smallest absolute Gasteiger partial charge is 0.0543 e. The largest absolute Gasteiger partial charge is 0.393 e. The average Bonchev–Trinajstić information content (AvgIpc) is 2.17. The highest BCUT2D eigenvalue weighted by atomic mass is 16.3. The Labute approximate surface area is 79.6 Å². The molecule has 0 spiro atoms. The first-order valence-corrected chi connectivity index (χ1v) is 4.91. The predicted octanol–water partition coefficient (Wildman–Crippen LogP) is 2.18. The molecule has 13 heavy (non-hydrogen) atoms. The standard InChI is InChI=1S/C11H17NO/c1-2-5-11(13)8-7-10-6-3-4-9-12-10/h3-4,6,9,11,13H,2,5,7-8H2,1H3. The quantitative estimate of drug-likeness (QED) is 0.751. The van der Waals surface area contributed by atoms with Crippen molar-refractivity contribution in [3.8, 4) is 0 Å². The Balaban J connectivity index is 2.27. The summed E-state index contributed by atoms with van der Waals surface area (Å²) >= 11 is 0. The Hall–Kier alpha value is -0.890. The molecule has 2 nitrogen and oxygen atoms in total. The van der Waals surface area contributed by atoms with Gasteiger partial charge in [-0.1, -0.05) is 19.4 Å². The van der Waals surface area contributed by atoms with Crippen LogP contribution in [0, 0.1) is 0 Å². The summed E-state index contributed by atoms with van der Waals surface area (Å²) in [5.41, 5.74) is 1.07. The Morgan fingerprint density at radius 2 is 2.23 bits per heavy atom. The van der Waals surface area contributed by atoms with Crippen LogP contribution in [0.1, 0.15) is 31.9 Å². The first kappa shape index (κ1) is 10.2. The number of aromatic nitrogens is 1. The molecule has 1 aromatic heterocycles. The van der Waals surface area contributed by atoms with E-state index in [-0.39, 0.29) is 6.10 Å². The van der Waals surface area contributed by atoms with E-state index in [0.717, 1.165) is 31.4 Å². The van der Waals surface area contributed by atoms with E-state index >= 15 is 0 Å². The van der Waals surface area contributed by atoms with Gasteiger partial charge in [0, 0.05) is 11.9 Å². The number of aliphatic hydroxyl groups is 1. The van der Waals surface area contributed by atoms with Crippen LogP contribution in [-0.4, -0.2) is 16.2 Å². The molecule has 0 aliphatic carbocycles. The van der Waals surface area contributed by atoms with Gasteiger partial charge < -0.3 is 5.11 Å². The normalized spacial score (nSPS) is 12.8. The van der Waals surface area contributed by atoms with Crippen molar-refractivity contribution >= 4 is 0 Å². The third-order valence-electron chi connectivity index (χ3n) is 2.08. The van der Waals surface area contributed by atoms with Gasteiger partial charge >= 0.3 is 0 Å². The van der Waals surface area contributed by atoms with Crippen molar-refractivity contribution in [1.82, 2.24) is 4.98 Å². The molecule has 0 aliphatic rings. The third kappa shape index (κ3) is 4.04. The molecule has 2 heteroatoms. The van der Waals surface area contributed by atoms with E-state index < -0.39 is 0 Å². The fourth-order valence-corrected chi connectivity index (χ4v) is 1.34. The van der Waals surface area contributed by atoms with Crippen molar-refractivity contribution in [1.29, 1.82) is 0 Å². The lowest BCUT2D eigenvalue weighted by Crippen LogP contribution is -2.07. The second-order valence-electron chi connectivity index (χ2n) is 3.30. The third-order valence-corrected chi connectivity index (χ3v) is 2.08. The van der Waals surface area contributed by atoms with Crippen molar-refractivity contribution < 1.29 is 5.11 Å². The molecule has 1 aromatic rings. The molecule has 1 N–H and O–H groups in total. The summed E-state index contributed by atoms with van der Waals surface area (Å²) in [4.78, 5) is 4.20. The van der Waals surface area contributed by atoms with Gasteiger partial charge in [-0.15, -0.1) is 0 Å². The van der Waals surface area contributed by atoms with Gasteiger partial charge in [0.1, 0.15) is 0 Å². The van der Waals surface area contributed by atoms with Gasteiger partial charge in [-0.2, -0.15) is 0 Å². The predicted molar refractivity (Wildman–Crippen MR) is 53.5 cm³/mol. The van der Waals surface area contributed by atoms with E-state index in [2.05, 4.69) is 11.9 Å². The molecule has 1 heterocycles. The maximum absolute atomic E-state index is 9.48. The topological polar surface area (TPSA) is 33.1 Å². The van der Waals surface area contributed by atoms with E-state index in [1.165, 1.54) is 0 Å². The minimum atomic E-state index is -0.160. The second kappa shape index (κ2) is 5.70. The number of rotatable bonds is 5. The van der Waals surface area contributed by atoms with Crippen LogP contribution < -0.4 is 0 Å². The lowest BCUT2D eigenvalue weighted by molar-refractivity contribution is 0.153. The number of hydrogen-bond donors (Lipinski definition) is 1. The van der Waals surface area contributed by atoms with Gasteiger partial charge in [0.05, 0.1) is 6.10 Å². The molecule has 72 valence electrons. The van der Waals surface area contributed by atoms with E-state index in [9.17, 15) is 5.11 Å². The van der Waals surface area contributed by atoms with Gasteiger partial charge in [-0.05, 0) is 31.4 Å². The van der Waals surface area contributed by atoms with Crippen LogP contribution in [0.5, 0.6) is 0 Å². The van der Waals surface area contributed by atoms with Gasteiger partial charge in [-0.25, -0.2) is 0 Å². The van der Waals surface area contributed by atoms with Crippen LogP contribution >= 0.6 is 0 Å². The van der Waals surface area contributed by atoms with Gasteiger partial charge in [0.15, 0.2) is 0 Å². The van der Waals surface area contributed by atoms with Crippen LogP contribution in [0.4, 0.5) is 0 Å². The highest BCUT2D eigenvalue weighted by molar-refractivity contribution is 5.03. The van der Waals surface area contributed by atoms with Crippen molar-refractivity contribution in [3.63, 3.8) is 0 Å². The molecule has 0 bridgehead atoms. The van der Waals surface area contributed by atoms with Crippen LogP contribution in [0.25, 0.3) is 0 Å². The molecular weight excluding hydrogens is 162 g/mol. The lowest BCUT2D eigenvalue weighted by Gasteiger charge is -2.07. The lowest BCUT2D eigenvalue weighted by atomic mass is 10.1. The molecule has 0 fully saturated rings. The maximum Gasteiger partial charge on any atom is 0.0543 e. The Kier molecular flexibility index (Phi) is 4.47. The highest BCUT2D eigenvalue weighted by Crippen LogP contribution is 2.05. The van der Waals surface area contributed by atoms with E-state index in [0.29, 0.717) is 0 Å². The van der Waals surface area contributed by atoms with Gasteiger partial charge in [-0.3, -0.25) is 4.98 Å². The molecule has 0 saturated heterocycles. The maximum atomic E-state index is 9.48. The molecule has 0 saturated carbocycles. The summed E-state index contributed by atoms with van der Waals surface area (Å²) in [5.74, 6) is 0. The minimum Gasteiger partial charge on any atom is -0.393 e. The zero-order chi connectivity index (χ0) is 9.52.